The molecule has 25 heavy (non-hydrogen) atoms. The van der Waals surface area contributed by atoms with Crippen LogP contribution in [-0.4, -0.2) is 30.3 Å². The normalized spacial score (nSPS) is 10.7. The maximum Gasteiger partial charge on any atom is 0.246 e. The summed E-state index contributed by atoms with van der Waals surface area (Å²) in [4.78, 5) is 25.7. The number of hydrogen-bond donors (Lipinski definition) is 1. The van der Waals surface area contributed by atoms with E-state index < -0.39 is 0 Å². The van der Waals surface area contributed by atoms with Crippen molar-refractivity contribution in [1.82, 2.24) is 4.90 Å². The van der Waals surface area contributed by atoms with Gasteiger partial charge in [0.25, 0.3) is 0 Å². The van der Waals surface area contributed by atoms with Gasteiger partial charge in [-0.05, 0) is 41.8 Å². The molecule has 0 radical (unpaired) electrons. The van der Waals surface area contributed by atoms with Crippen LogP contribution in [0, 0.1) is 0 Å². The van der Waals surface area contributed by atoms with Crippen molar-refractivity contribution in [3.63, 3.8) is 0 Å². The van der Waals surface area contributed by atoms with Crippen molar-refractivity contribution < 1.29 is 9.59 Å². The molecule has 0 heterocycles. The fourth-order valence-electron chi connectivity index (χ4n) is 2.30. The lowest BCUT2D eigenvalue weighted by Gasteiger charge is -2.16. The number of rotatable bonds is 6. The molecule has 0 spiro atoms. The predicted molar refractivity (Wildman–Crippen MR) is 103 cm³/mol. The number of halogens is 1. The zero-order chi connectivity index (χ0) is 18.2. The largest absolute Gasteiger partial charge is 0.333 e. The summed E-state index contributed by atoms with van der Waals surface area (Å²) in [7, 11) is 1.60. The van der Waals surface area contributed by atoms with E-state index in [4.69, 9.17) is 11.6 Å². The zero-order valence-electron chi connectivity index (χ0n) is 14.3. The van der Waals surface area contributed by atoms with E-state index >= 15 is 0 Å². The first-order chi connectivity index (χ1) is 12.0. The van der Waals surface area contributed by atoms with Crippen LogP contribution in [0.4, 0.5) is 5.69 Å². The van der Waals surface area contributed by atoms with Crippen LogP contribution in [-0.2, 0) is 16.0 Å². The Morgan fingerprint density at radius 2 is 1.80 bits per heavy atom. The number of likely N-dealkylation sites (N-methyl/N-ethyl adjacent to an activating group) is 1. The highest BCUT2D eigenvalue weighted by Crippen LogP contribution is 2.15. The second-order valence-corrected chi connectivity index (χ2v) is 6.07. The molecule has 4 nitrogen and oxygen atoms in total. The van der Waals surface area contributed by atoms with E-state index in [2.05, 4.69) is 5.32 Å². The lowest BCUT2D eigenvalue weighted by molar-refractivity contribution is -0.129. The Morgan fingerprint density at radius 3 is 2.48 bits per heavy atom. The predicted octanol–water partition coefficient (Wildman–Crippen LogP) is 4.01. The maximum absolute atomic E-state index is 12.2. The monoisotopic (exact) mass is 356 g/mol. The van der Waals surface area contributed by atoms with E-state index in [0.717, 1.165) is 23.2 Å². The highest BCUT2D eigenvalue weighted by Gasteiger charge is 2.11. The molecule has 2 amide bonds. The van der Waals surface area contributed by atoms with Gasteiger partial charge in [-0.2, -0.15) is 0 Å². The lowest BCUT2D eigenvalue weighted by atomic mass is 10.1. The third-order valence-corrected chi connectivity index (χ3v) is 3.97. The molecule has 0 atom stereocenters. The minimum atomic E-state index is -0.242. The van der Waals surface area contributed by atoms with Crippen LogP contribution in [0.25, 0.3) is 6.08 Å². The number of nitrogens with zero attached hydrogens (tertiary/aromatic N) is 1. The Hall–Kier alpha value is -2.59. The molecule has 0 aliphatic rings. The molecule has 2 rings (SSSR count). The minimum absolute atomic E-state index is 0.0121. The number of carbonyl (C=O) groups excluding carboxylic acids is 2. The molecule has 2 aromatic rings. The van der Waals surface area contributed by atoms with Crippen LogP contribution in [0.15, 0.2) is 54.6 Å². The minimum Gasteiger partial charge on any atom is -0.333 e. The van der Waals surface area contributed by atoms with Gasteiger partial charge in [-0.25, -0.2) is 0 Å². The van der Waals surface area contributed by atoms with Crippen molar-refractivity contribution in [2.75, 3.05) is 18.9 Å². The van der Waals surface area contributed by atoms with E-state index in [-0.39, 0.29) is 18.4 Å². The third kappa shape index (κ3) is 5.76. The molecule has 0 unspecified atom stereocenters. The smallest absolute Gasteiger partial charge is 0.246 e. The summed E-state index contributed by atoms with van der Waals surface area (Å²) in [5, 5.41) is 3.50. The summed E-state index contributed by atoms with van der Waals surface area (Å²) < 4.78 is 0. The quantitative estimate of drug-likeness (QED) is 0.795. The van der Waals surface area contributed by atoms with Gasteiger partial charge >= 0.3 is 0 Å². The van der Waals surface area contributed by atoms with E-state index in [1.807, 2.05) is 43.3 Å². The first-order valence-corrected chi connectivity index (χ1v) is 8.44. The topological polar surface area (TPSA) is 49.4 Å². The maximum atomic E-state index is 12.2. The van der Waals surface area contributed by atoms with Gasteiger partial charge in [0.2, 0.25) is 11.8 Å². The molecule has 2 aromatic carbocycles. The third-order valence-electron chi connectivity index (χ3n) is 3.72. The van der Waals surface area contributed by atoms with Crippen molar-refractivity contribution >= 4 is 35.2 Å². The highest BCUT2D eigenvalue weighted by atomic mass is 35.5. The van der Waals surface area contributed by atoms with Gasteiger partial charge in [0.1, 0.15) is 0 Å². The average Bonchev–Trinajstić information content (AvgIpc) is 2.61. The molecular weight excluding hydrogens is 336 g/mol. The molecule has 0 aliphatic carbocycles. The number of benzene rings is 2. The van der Waals surface area contributed by atoms with E-state index in [1.54, 1.807) is 25.3 Å². The van der Waals surface area contributed by atoms with Gasteiger partial charge in [-0.15, -0.1) is 0 Å². The van der Waals surface area contributed by atoms with E-state index in [1.165, 1.54) is 11.0 Å². The van der Waals surface area contributed by atoms with Crippen LogP contribution in [0.3, 0.4) is 0 Å². The molecule has 0 saturated carbocycles. The molecule has 130 valence electrons. The molecular formula is C20H21ClN2O2. The standard InChI is InChI=1S/C20H21ClN2O2/c1-3-16-6-4-5-7-18(16)22-19(24)14-23(2)20(25)13-10-15-8-11-17(21)12-9-15/h4-13H,3,14H2,1-2H3,(H,22,24). The number of para-hydroxylation sites is 1. The Kier molecular flexibility index (Phi) is 6.78. The van der Waals surface area contributed by atoms with Crippen molar-refractivity contribution in [3.8, 4) is 0 Å². The van der Waals surface area contributed by atoms with Crippen LogP contribution >= 0.6 is 11.6 Å². The van der Waals surface area contributed by atoms with Gasteiger partial charge < -0.3 is 10.2 Å². The molecule has 5 heteroatoms. The SMILES string of the molecule is CCc1ccccc1NC(=O)CN(C)C(=O)C=Cc1ccc(Cl)cc1. The van der Waals surface area contributed by atoms with E-state index in [0.29, 0.717) is 5.02 Å². The van der Waals surface area contributed by atoms with Crippen molar-refractivity contribution in [1.29, 1.82) is 0 Å². The summed E-state index contributed by atoms with van der Waals surface area (Å²) in [6.07, 6.45) is 3.96. The summed E-state index contributed by atoms with van der Waals surface area (Å²) in [5.74, 6) is -0.467. The highest BCUT2D eigenvalue weighted by molar-refractivity contribution is 6.30. The molecule has 0 saturated heterocycles. The summed E-state index contributed by atoms with van der Waals surface area (Å²) in [6.45, 7) is 2.02. The molecule has 0 aliphatic heterocycles. The first-order valence-electron chi connectivity index (χ1n) is 8.06. The lowest BCUT2D eigenvalue weighted by Crippen LogP contribution is -2.34. The Balaban J connectivity index is 1.91. The van der Waals surface area contributed by atoms with Gasteiger partial charge in [-0.3, -0.25) is 9.59 Å². The Morgan fingerprint density at radius 1 is 1.12 bits per heavy atom. The van der Waals surface area contributed by atoms with Crippen LogP contribution in [0.1, 0.15) is 18.1 Å². The summed E-state index contributed by atoms with van der Waals surface area (Å²) in [6, 6.07) is 14.8. The van der Waals surface area contributed by atoms with Gasteiger partial charge in [-0.1, -0.05) is 48.9 Å². The fourth-order valence-corrected chi connectivity index (χ4v) is 2.43. The molecule has 0 fully saturated rings. The van der Waals surface area contributed by atoms with Crippen LogP contribution in [0.5, 0.6) is 0 Å². The van der Waals surface area contributed by atoms with Crippen molar-refractivity contribution in [3.05, 3.63) is 70.8 Å². The number of hydrogen-bond acceptors (Lipinski definition) is 2. The van der Waals surface area contributed by atoms with Crippen LogP contribution in [0.2, 0.25) is 5.02 Å². The Bertz CT molecular complexity index is 770. The molecule has 1 N–H and O–H groups in total. The number of anilines is 1. The number of amides is 2. The molecule has 0 bridgehead atoms. The Labute approximate surface area is 153 Å². The van der Waals surface area contributed by atoms with Gasteiger partial charge in [0.05, 0.1) is 6.54 Å². The van der Waals surface area contributed by atoms with Gasteiger partial charge in [0.15, 0.2) is 0 Å². The number of nitrogens with one attached hydrogen (secondary N) is 1. The summed E-state index contributed by atoms with van der Waals surface area (Å²) >= 11 is 5.83. The van der Waals surface area contributed by atoms with Crippen molar-refractivity contribution in [2.24, 2.45) is 0 Å². The summed E-state index contributed by atoms with van der Waals surface area (Å²) in [5.41, 5.74) is 2.72. The average molecular weight is 357 g/mol. The first kappa shape index (κ1) is 18.7. The second-order valence-electron chi connectivity index (χ2n) is 5.64. The number of carbonyl (C=O) groups is 2. The van der Waals surface area contributed by atoms with Crippen molar-refractivity contribution in [2.45, 2.75) is 13.3 Å². The fraction of sp³-hybridized carbons (Fsp3) is 0.200. The number of aryl methyl sites for hydroxylation is 1. The molecule has 0 aromatic heterocycles. The van der Waals surface area contributed by atoms with E-state index in [9.17, 15) is 9.59 Å². The second kappa shape index (κ2) is 9.04. The zero-order valence-corrected chi connectivity index (χ0v) is 15.1. The van der Waals surface area contributed by atoms with Gasteiger partial charge in [0, 0.05) is 23.8 Å². The van der Waals surface area contributed by atoms with Crippen LogP contribution < -0.4 is 5.32 Å².